The molecular weight excluding hydrogens is 362 g/mol. The van der Waals surface area contributed by atoms with E-state index in [2.05, 4.69) is 107 Å². The molecule has 0 bridgehead atoms. The molecule has 0 radical (unpaired) electrons. The van der Waals surface area contributed by atoms with E-state index >= 15 is 0 Å². The molecule has 0 fully saturated rings. The molecule has 0 saturated carbocycles. The minimum Gasteiger partial charge on any atom is -0.326 e. The summed E-state index contributed by atoms with van der Waals surface area (Å²) in [4.78, 5) is 0. The molecule has 0 saturated heterocycles. The van der Waals surface area contributed by atoms with E-state index in [-0.39, 0.29) is 0 Å². The Labute approximate surface area is 184 Å². The summed E-state index contributed by atoms with van der Waals surface area (Å²) in [6, 6.07) is 8.37. The van der Waals surface area contributed by atoms with Gasteiger partial charge in [-0.3, -0.25) is 0 Å². The van der Waals surface area contributed by atoms with Gasteiger partial charge >= 0.3 is 0 Å². The van der Waals surface area contributed by atoms with Crippen LogP contribution in [0.3, 0.4) is 0 Å². The molecule has 30 heavy (non-hydrogen) atoms. The van der Waals surface area contributed by atoms with Crippen molar-refractivity contribution in [1.82, 2.24) is 0 Å². The third-order valence-electron chi connectivity index (χ3n) is 4.57. The summed E-state index contributed by atoms with van der Waals surface area (Å²) in [7, 11) is 0. The van der Waals surface area contributed by atoms with E-state index in [4.69, 9.17) is 5.73 Å². The summed E-state index contributed by atoms with van der Waals surface area (Å²) in [5.41, 5.74) is 12.5. The first-order valence-electron chi connectivity index (χ1n) is 10.6. The van der Waals surface area contributed by atoms with E-state index < -0.39 is 0 Å². The fourth-order valence-corrected chi connectivity index (χ4v) is 2.91. The Morgan fingerprint density at radius 2 is 1.77 bits per heavy atom. The maximum atomic E-state index is 5.73. The Morgan fingerprint density at radius 3 is 2.33 bits per heavy atom. The molecule has 0 amide bonds. The van der Waals surface area contributed by atoms with Gasteiger partial charge in [0.2, 0.25) is 0 Å². The number of hydrogen-bond donors (Lipinski definition) is 1. The fraction of sp³-hybridized carbons (Fsp3) is 0.241. The van der Waals surface area contributed by atoms with Crippen molar-refractivity contribution in [3.63, 3.8) is 0 Å². The predicted molar refractivity (Wildman–Crippen MR) is 136 cm³/mol. The normalized spacial score (nSPS) is 13.9. The second-order valence-electron chi connectivity index (χ2n) is 7.58. The molecule has 1 nitrogen and oxygen atoms in total. The summed E-state index contributed by atoms with van der Waals surface area (Å²) >= 11 is 0. The molecule has 0 spiro atoms. The lowest BCUT2D eigenvalue weighted by molar-refractivity contribution is 0.832. The fourth-order valence-electron chi connectivity index (χ4n) is 2.91. The second kappa shape index (κ2) is 14.1. The largest absolute Gasteiger partial charge is 0.326 e. The SMILES string of the molecule is C=C/C=C\C(C(=C)/C=C(\C=C/C)c1ccc(CN)cc1)=C(/C)C/C=C\C=C/C(C)C. The van der Waals surface area contributed by atoms with Crippen LogP contribution < -0.4 is 5.73 Å². The summed E-state index contributed by atoms with van der Waals surface area (Å²) in [5, 5.41) is 0. The van der Waals surface area contributed by atoms with Crippen molar-refractivity contribution in [2.45, 2.75) is 40.7 Å². The zero-order chi connectivity index (χ0) is 22.4. The minimum atomic E-state index is 0.550. The van der Waals surface area contributed by atoms with Crippen LogP contribution in [0.1, 0.15) is 45.2 Å². The van der Waals surface area contributed by atoms with Gasteiger partial charge in [0, 0.05) is 6.54 Å². The van der Waals surface area contributed by atoms with Crippen molar-refractivity contribution in [2.24, 2.45) is 11.7 Å². The molecule has 0 aromatic heterocycles. The summed E-state index contributed by atoms with van der Waals surface area (Å²) in [6.45, 7) is 17.3. The van der Waals surface area contributed by atoms with Gasteiger partial charge in [-0.25, -0.2) is 0 Å². The van der Waals surface area contributed by atoms with Crippen LogP contribution >= 0.6 is 0 Å². The van der Waals surface area contributed by atoms with Crippen LogP contribution in [0, 0.1) is 5.92 Å². The van der Waals surface area contributed by atoms with Crippen molar-refractivity contribution in [1.29, 1.82) is 0 Å². The molecule has 0 heterocycles. The highest BCUT2D eigenvalue weighted by atomic mass is 14.5. The molecule has 0 unspecified atom stereocenters. The van der Waals surface area contributed by atoms with E-state index in [1.807, 2.05) is 13.0 Å². The van der Waals surface area contributed by atoms with Gasteiger partial charge in [-0.05, 0) is 60.1 Å². The molecule has 2 N–H and O–H groups in total. The van der Waals surface area contributed by atoms with Gasteiger partial charge in [0.15, 0.2) is 0 Å². The summed E-state index contributed by atoms with van der Waals surface area (Å²) < 4.78 is 0. The smallest absolute Gasteiger partial charge is 0.0178 e. The van der Waals surface area contributed by atoms with Gasteiger partial charge in [-0.1, -0.05) is 112 Å². The lowest BCUT2D eigenvalue weighted by atomic mass is 9.94. The third-order valence-corrected chi connectivity index (χ3v) is 4.57. The lowest BCUT2D eigenvalue weighted by Gasteiger charge is -2.10. The van der Waals surface area contributed by atoms with Crippen LogP contribution in [0.15, 0.2) is 115 Å². The van der Waals surface area contributed by atoms with Crippen LogP contribution in [0.25, 0.3) is 5.57 Å². The van der Waals surface area contributed by atoms with E-state index in [1.54, 1.807) is 6.08 Å². The van der Waals surface area contributed by atoms with Crippen molar-refractivity contribution in [2.75, 3.05) is 0 Å². The highest BCUT2D eigenvalue weighted by molar-refractivity contribution is 5.77. The molecule has 0 aliphatic rings. The molecule has 0 atom stereocenters. The molecule has 1 aromatic carbocycles. The molecule has 1 heteroatoms. The number of hydrogen-bond acceptors (Lipinski definition) is 1. The Hall–Kier alpha value is -2.90. The maximum Gasteiger partial charge on any atom is 0.0178 e. The zero-order valence-corrected chi connectivity index (χ0v) is 19.1. The van der Waals surface area contributed by atoms with Gasteiger partial charge in [-0.2, -0.15) is 0 Å². The van der Waals surface area contributed by atoms with Crippen LogP contribution in [0.2, 0.25) is 0 Å². The van der Waals surface area contributed by atoms with Crippen LogP contribution in [0.4, 0.5) is 0 Å². The lowest BCUT2D eigenvalue weighted by Crippen LogP contribution is -1.96. The molecule has 1 rings (SSSR count). The quantitative estimate of drug-likeness (QED) is 0.376. The first-order chi connectivity index (χ1) is 14.4. The van der Waals surface area contributed by atoms with E-state index in [9.17, 15) is 0 Å². The van der Waals surface area contributed by atoms with Crippen LogP contribution in [-0.4, -0.2) is 0 Å². The Morgan fingerprint density at radius 1 is 1.07 bits per heavy atom. The van der Waals surface area contributed by atoms with E-state index in [1.165, 1.54) is 5.57 Å². The topological polar surface area (TPSA) is 26.0 Å². The average Bonchev–Trinajstić information content (AvgIpc) is 2.73. The first kappa shape index (κ1) is 25.1. The summed E-state index contributed by atoms with van der Waals surface area (Å²) in [5.74, 6) is 0.561. The Balaban J connectivity index is 3.22. The Kier molecular flexibility index (Phi) is 11.8. The number of rotatable bonds is 11. The van der Waals surface area contributed by atoms with E-state index in [0.29, 0.717) is 12.5 Å². The maximum absolute atomic E-state index is 5.73. The highest BCUT2D eigenvalue weighted by Gasteiger charge is 2.05. The van der Waals surface area contributed by atoms with Gasteiger partial charge in [0.1, 0.15) is 0 Å². The van der Waals surface area contributed by atoms with Gasteiger partial charge in [0.25, 0.3) is 0 Å². The standard InChI is InChI=1S/C29H37N/c1-7-9-16-29(24(5)15-12-10-11-14-23(3)4)25(6)21-28(13-8-2)27-19-17-26(22-30)18-20-27/h7-14,16-21,23H,1,6,15,22,30H2,2-5H3/b12-10-,13-8-,14-11-,16-9-,28-21+,29-24-. The molecule has 0 aliphatic heterocycles. The first-order valence-corrected chi connectivity index (χ1v) is 10.6. The monoisotopic (exact) mass is 399 g/mol. The van der Waals surface area contributed by atoms with Crippen LogP contribution in [0.5, 0.6) is 0 Å². The van der Waals surface area contributed by atoms with E-state index in [0.717, 1.165) is 34.3 Å². The van der Waals surface area contributed by atoms with Gasteiger partial charge < -0.3 is 5.73 Å². The second-order valence-corrected chi connectivity index (χ2v) is 7.58. The molecular formula is C29H37N. The highest BCUT2D eigenvalue weighted by Crippen LogP contribution is 2.25. The van der Waals surface area contributed by atoms with Crippen molar-refractivity contribution >= 4 is 5.57 Å². The molecule has 0 aliphatic carbocycles. The average molecular weight is 400 g/mol. The summed E-state index contributed by atoms with van der Waals surface area (Å²) in [6.07, 6.45) is 21.6. The number of benzene rings is 1. The Bertz CT molecular complexity index is 865. The van der Waals surface area contributed by atoms with Crippen molar-refractivity contribution in [3.8, 4) is 0 Å². The number of nitrogens with two attached hydrogens (primary N) is 1. The number of allylic oxidation sites excluding steroid dienone is 14. The minimum absolute atomic E-state index is 0.550. The van der Waals surface area contributed by atoms with Crippen LogP contribution in [-0.2, 0) is 6.54 Å². The predicted octanol–water partition coefficient (Wildman–Crippen LogP) is 7.88. The molecule has 158 valence electrons. The van der Waals surface area contributed by atoms with Crippen molar-refractivity contribution in [3.05, 3.63) is 126 Å². The van der Waals surface area contributed by atoms with Gasteiger partial charge in [-0.15, -0.1) is 0 Å². The zero-order valence-electron chi connectivity index (χ0n) is 19.1. The van der Waals surface area contributed by atoms with Crippen molar-refractivity contribution < 1.29 is 0 Å². The molecule has 1 aromatic rings. The third kappa shape index (κ3) is 9.07. The van der Waals surface area contributed by atoms with Gasteiger partial charge in [0.05, 0.1) is 0 Å².